The molecule has 0 unspecified atom stereocenters. The summed E-state index contributed by atoms with van der Waals surface area (Å²) in [5, 5.41) is 14.0. The average Bonchev–Trinajstić information content (AvgIpc) is 2.47. The summed E-state index contributed by atoms with van der Waals surface area (Å²) in [7, 11) is 0. The van der Waals surface area contributed by atoms with Crippen LogP contribution in [0.2, 0.25) is 0 Å². The average molecular weight is 272 g/mol. The number of rotatable bonds is 5. The summed E-state index contributed by atoms with van der Waals surface area (Å²) in [5.41, 5.74) is 5.57. The van der Waals surface area contributed by atoms with Gasteiger partial charge in [0, 0.05) is 30.6 Å². The van der Waals surface area contributed by atoms with E-state index in [0.29, 0.717) is 13.0 Å². The quantitative estimate of drug-likeness (QED) is 0.380. The molecule has 2 aromatic rings. The van der Waals surface area contributed by atoms with E-state index in [1.165, 1.54) is 0 Å². The summed E-state index contributed by atoms with van der Waals surface area (Å²) in [6.45, 7) is 4.88. The number of hydrogen-bond acceptors (Lipinski definition) is 4. The van der Waals surface area contributed by atoms with E-state index in [9.17, 15) is 0 Å². The van der Waals surface area contributed by atoms with E-state index >= 15 is 0 Å². The van der Waals surface area contributed by atoms with Gasteiger partial charge in [-0.2, -0.15) is 0 Å². The maximum absolute atomic E-state index is 8.66. The number of hydrogen-bond donors (Lipinski definition) is 2. The van der Waals surface area contributed by atoms with Crippen LogP contribution in [0.25, 0.3) is 10.8 Å². The Morgan fingerprint density at radius 1 is 1.35 bits per heavy atom. The third kappa shape index (κ3) is 2.99. The second kappa shape index (κ2) is 6.23. The molecular formula is C15H20N4O. The van der Waals surface area contributed by atoms with Gasteiger partial charge in [0.2, 0.25) is 0 Å². The van der Waals surface area contributed by atoms with E-state index in [2.05, 4.69) is 41.0 Å². The molecule has 106 valence electrons. The molecular weight excluding hydrogens is 252 g/mol. The number of oxime groups is 1. The minimum absolute atomic E-state index is 0.232. The van der Waals surface area contributed by atoms with Crippen molar-refractivity contribution >= 4 is 22.4 Å². The van der Waals surface area contributed by atoms with Gasteiger partial charge in [-0.05, 0) is 25.3 Å². The summed E-state index contributed by atoms with van der Waals surface area (Å²) >= 11 is 0. The zero-order valence-corrected chi connectivity index (χ0v) is 11.8. The van der Waals surface area contributed by atoms with E-state index in [0.717, 1.165) is 16.6 Å². The maximum atomic E-state index is 8.66. The summed E-state index contributed by atoms with van der Waals surface area (Å²) in [6.07, 6.45) is 2.32. The van der Waals surface area contributed by atoms with Crippen LogP contribution < -0.4 is 10.6 Å². The number of amidine groups is 1. The largest absolute Gasteiger partial charge is 0.409 e. The molecule has 0 spiro atoms. The molecule has 0 radical (unpaired) electrons. The third-order valence-corrected chi connectivity index (χ3v) is 3.29. The molecule has 0 aliphatic rings. The lowest BCUT2D eigenvalue weighted by Crippen LogP contribution is -2.34. The van der Waals surface area contributed by atoms with Crippen LogP contribution in [0.3, 0.4) is 0 Å². The summed E-state index contributed by atoms with van der Waals surface area (Å²) in [6, 6.07) is 10.4. The van der Waals surface area contributed by atoms with Gasteiger partial charge in [0.05, 0.1) is 0 Å². The third-order valence-electron chi connectivity index (χ3n) is 3.29. The summed E-state index contributed by atoms with van der Waals surface area (Å²) in [4.78, 5) is 6.68. The first-order valence-electron chi connectivity index (χ1n) is 6.70. The Morgan fingerprint density at radius 3 is 2.80 bits per heavy atom. The number of nitrogens with two attached hydrogens (primary N) is 1. The molecule has 0 amide bonds. The first-order chi connectivity index (χ1) is 9.63. The smallest absolute Gasteiger partial charge is 0.140 e. The summed E-state index contributed by atoms with van der Waals surface area (Å²) in [5.74, 6) is 1.17. The van der Waals surface area contributed by atoms with E-state index in [1.54, 1.807) is 0 Å². The second-order valence-corrected chi connectivity index (χ2v) is 4.98. The fraction of sp³-hybridized carbons (Fsp3) is 0.333. The molecule has 1 aromatic heterocycles. The second-order valence-electron chi connectivity index (χ2n) is 4.98. The van der Waals surface area contributed by atoms with Crippen molar-refractivity contribution in [3.05, 3.63) is 36.5 Å². The van der Waals surface area contributed by atoms with E-state index in [1.807, 2.05) is 24.4 Å². The van der Waals surface area contributed by atoms with Crippen LogP contribution in [0.4, 0.5) is 5.82 Å². The van der Waals surface area contributed by atoms with Gasteiger partial charge < -0.3 is 15.8 Å². The Morgan fingerprint density at radius 2 is 2.10 bits per heavy atom. The lowest BCUT2D eigenvalue weighted by molar-refractivity contribution is 0.317. The Labute approximate surface area is 118 Å². The number of nitrogens with zero attached hydrogens (tertiary/aromatic N) is 3. The highest BCUT2D eigenvalue weighted by Gasteiger charge is 2.15. The topological polar surface area (TPSA) is 74.7 Å². The minimum Gasteiger partial charge on any atom is -0.409 e. The fourth-order valence-electron chi connectivity index (χ4n) is 2.23. The van der Waals surface area contributed by atoms with Crippen molar-refractivity contribution in [1.82, 2.24) is 4.98 Å². The van der Waals surface area contributed by atoms with Crippen molar-refractivity contribution in [2.45, 2.75) is 26.3 Å². The molecule has 0 aliphatic heterocycles. The minimum atomic E-state index is 0.232. The molecule has 20 heavy (non-hydrogen) atoms. The number of aromatic nitrogens is 1. The van der Waals surface area contributed by atoms with Crippen molar-refractivity contribution in [1.29, 1.82) is 0 Å². The first kappa shape index (κ1) is 14.1. The molecule has 0 bridgehead atoms. The van der Waals surface area contributed by atoms with Crippen LogP contribution in [0.15, 0.2) is 41.7 Å². The number of fused-ring (bicyclic) bond motifs is 1. The lowest BCUT2D eigenvalue weighted by atomic mass is 10.1. The number of pyridine rings is 1. The van der Waals surface area contributed by atoms with Crippen LogP contribution >= 0.6 is 0 Å². The van der Waals surface area contributed by atoms with Crippen LogP contribution in [0.1, 0.15) is 20.3 Å². The first-order valence-corrected chi connectivity index (χ1v) is 6.70. The Kier molecular flexibility index (Phi) is 4.40. The fourth-order valence-corrected chi connectivity index (χ4v) is 2.23. The number of anilines is 1. The molecule has 2 rings (SSSR count). The molecule has 0 saturated heterocycles. The van der Waals surface area contributed by atoms with Gasteiger partial charge in [0.15, 0.2) is 0 Å². The van der Waals surface area contributed by atoms with Gasteiger partial charge >= 0.3 is 0 Å². The predicted octanol–water partition coefficient (Wildman–Crippen LogP) is 2.59. The van der Waals surface area contributed by atoms with Crippen molar-refractivity contribution < 1.29 is 5.21 Å². The van der Waals surface area contributed by atoms with Crippen LogP contribution in [0.5, 0.6) is 0 Å². The molecule has 1 heterocycles. The van der Waals surface area contributed by atoms with Gasteiger partial charge in [0.25, 0.3) is 0 Å². The lowest BCUT2D eigenvalue weighted by Gasteiger charge is -2.28. The number of benzene rings is 1. The molecule has 5 nitrogen and oxygen atoms in total. The van der Waals surface area contributed by atoms with Gasteiger partial charge in [-0.15, -0.1) is 0 Å². The predicted molar refractivity (Wildman–Crippen MR) is 82.3 cm³/mol. The SMILES string of the molecule is CC(C)N(CC/C(N)=N/O)c1nccc2ccccc12. The highest BCUT2D eigenvalue weighted by Crippen LogP contribution is 2.25. The Bertz CT molecular complexity index is 604. The highest BCUT2D eigenvalue weighted by atomic mass is 16.4. The standard InChI is InChI=1S/C15H20N4O/c1-11(2)19(10-8-14(16)18-20)15-13-6-4-3-5-12(13)7-9-17-15/h3-7,9,11,20H,8,10H2,1-2H3,(H2,16,18). The molecule has 1 aromatic carbocycles. The van der Waals surface area contributed by atoms with Crippen molar-refractivity contribution in [2.75, 3.05) is 11.4 Å². The molecule has 3 N–H and O–H groups in total. The normalized spacial score (nSPS) is 12.1. The molecule has 0 fully saturated rings. The van der Waals surface area contributed by atoms with Crippen molar-refractivity contribution in [3.8, 4) is 0 Å². The Balaban J connectivity index is 2.36. The molecule has 5 heteroatoms. The van der Waals surface area contributed by atoms with E-state index in [4.69, 9.17) is 10.9 Å². The van der Waals surface area contributed by atoms with E-state index < -0.39 is 0 Å². The summed E-state index contributed by atoms with van der Waals surface area (Å²) < 4.78 is 0. The van der Waals surface area contributed by atoms with Gasteiger partial charge in [-0.25, -0.2) is 4.98 Å². The van der Waals surface area contributed by atoms with Crippen LogP contribution in [-0.2, 0) is 0 Å². The monoisotopic (exact) mass is 272 g/mol. The van der Waals surface area contributed by atoms with Gasteiger partial charge in [-0.1, -0.05) is 29.4 Å². The maximum Gasteiger partial charge on any atom is 0.140 e. The van der Waals surface area contributed by atoms with Crippen LogP contribution in [0, 0.1) is 0 Å². The van der Waals surface area contributed by atoms with Crippen molar-refractivity contribution in [2.24, 2.45) is 10.9 Å². The zero-order chi connectivity index (χ0) is 14.5. The van der Waals surface area contributed by atoms with Gasteiger partial charge in [-0.3, -0.25) is 0 Å². The van der Waals surface area contributed by atoms with Crippen molar-refractivity contribution in [3.63, 3.8) is 0 Å². The molecule has 0 aliphatic carbocycles. The molecule has 0 saturated carbocycles. The zero-order valence-electron chi connectivity index (χ0n) is 11.8. The van der Waals surface area contributed by atoms with Crippen LogP contribution in [-0.4, -0.2) is 28.6 Å². The molecule has 0 atom stereocenters. The Hall–Kier alpha value is -2.30. The highest BCUT2D eigenvalue weighted by molar-refractivity contribution is 5.92. The van der Waals surface area contributed by atoms with E-state index in [-0.39, 0.29) is 11.9 Å². The van der Waals surface area contributed by atoms with Gasteiger partial charge in [0.1, 0.15) is 11.7 Å².